The number of nitrogens with one attached hydrogen (secondary N) is 5. The number of carbonyl (C=O) groups is 6. The Morgan fingerprint density at radius 2 is 1.57 bits per heavy atom. The Bertz CT molecular complexity index is 1480. The van der Waals surface area contributed by atoms with Crippen LogP contribution in [-0.4, -0.2) is 70.3 Å². The van der Waals surface area contributed by atoms with Crippen LogP contribution >= 0.6 is 11.3 Å². The highest BCUT2D eigenvalue weighted by atomic mass is 32.1. The zero-order chi connectivity index (χ0) is 31.5. The van der Waals surface area contributed by atoms with Gasteiger partial charge in [0.15, 0.2) is 0 Å². The molecule has 230 valence electrons. The fourth-order valence-corrected chi connectivity index (χ4v) is 5.24. The van der Waals surface area contributed by atoms with Gasteiger partial charge in [-0.2, -0.15) is 0 Å². The number of carbonyl (C=O) groups excluding carboxylic acids is 5. The van der Waals surface area contributed by atoms with Gasteiger partial charge in [-0.15, -0.1) is 11.3 Å². The maximum absolute atomic E-state index is 13.3. The van der Waals surface area contributed by atoms with Gasteiger partial charge in [0, 0.05) is 55.1 Å². The van der Waals surface area contributed by atoms with Gasteiger partial charge in [0.25, 0.3) is 0 Å². The van der Waals surface area contributed by atoms with Crippen molar-refractivity contribution in [3.8, 4) is 0 Å². The molecule has 44 heavy (non-hydrogen) atoms. The second-order valence-corrected chi connectivity index (χ2v) is 11.2. The molecule has 6 N–H and O–H groups in total. The van der Waals surface area contributed by atoms with Crippen LogP contribution in [0.15, 0.2) is 66.3 Å². The molecule has 2 aliphatic heterocycles. The zero-order valence-electron chi connectivity index (χ0n) is 23.6. The Hall–Kier alpha value is -5.11. The molecule has 14 heteroatoms. The first kappa shape index (κ1) is 31.8. The van der Waals surface area contributed by atoms with Crippen LogP contribution in [0.4, 0.5) is 5.69 Å². The number of nitrogens with zero attached hydrogens (tertiary/aromatic N) is 1. The minimum atomic E-state index is -1.32. The predicted octanol–water partition coefficient (Wildman–Crippen LogP) is 0.559. The van der Waals surface area contributed by atoms with E-state index in [0.717, 1.165) is 4.88 Å². The average Bonchev–Trinajstić information content (AvgIpc) is 3.52. The second kappa shape index (κ2) is 15.4. The number of aromatic nitrogens is 1. The molecule has 2 bridgehead atoms. The van der Waals surface area contributed by atoms with Gasteiger partial charge >= 0.3 is 5.97 Å². The Morgan fingerprint density at radius 1 is 0.841 bits per heavy atom. The van der Waals surface area contributed by atoms with E-state index in [4.69, 9.17) is 0 Å². The SMILES string of the molecule is O=C1CCC(=O)N[C@H](Cc2cccs2)C(=O)NCC(=O)N[C@@H](Cc2cccnc2)C(=O)N[C@H](C(=O)O)Cc2ccc(cc2)N1. The molecule has 0 saturated heterocycles. The van der Waals surface area contributed by atoms with Gasteiger partial charge in [-0.05, 0) is 40.8 Å². The van der Waals surface area contributed by atoms with Crippen molar-refractivity contribution in [3.05, 3.63) is 82.3 Å². The van der Waals surface area contributed by atoms with Crippen molar-refractivity contribution in [1.82, 2.24) is 26.3 Å². The smallest absolute Gasteiger partial charge is 0.326 e. The first-order chi connectivity index (χ1) is 21.2. The summed E-state index contributed by atoms with van der Waals surface area (Å²) in [5.74, 6) is -4.29. The molecular formula is C30H32N6O7S. The summed E-state index contributed by atoms with van der Waals surface area (Å²) in [6, 6.07) is 9.87. The number of carboxylic acid groups (broad SMARTS) is 1. The largest absolute Gasteiger partial charge is 0.480 e. The maximum atomic E-state index is 13.3. The third-order valence-corrected chi connectivity index (χ3v) is 7.64. The minimum Gasteiger partial charge on any atom is -0.480 e. The number of aliphatic carboxylic acids is 1. The quantitative estimate of drug-likeness (QED) is 0.223. The summed E-state index contributed by atoms with van der Waals surface area (Å²) in [5.41, 5.74) is 1.63. The lowest BCUT2D eigenvalue weighted by Crippen LogP contribution is -2.55. The van der Waals surface area contributed by atoms with Crippen LogP contribution in [0.2, 0.25) is 0 Å². The van der Waals surface area contributed by atoms with E-state index < -0.39 is 60.2 Å². The van der Waals surface area contributed by atoms with Crippen LogP contribution in [0.5, 0.6) is 0 Å². The number of amides is 5. The molecule has 0 unspecified atom stereocenters. The maximum Gasteiger partial charge on any atom is 0.326 e. The lowest BCUT2D eigenvalue weighted by molar-refractivity contribution is -0.142. The van der Waals surface area contributed by atoms with E-state index in [9.17, 15) is 33.9 Å². The molecule has 4 heterocycles. The van der Waals surface area contributed by atoms with Gasteiger partial charge < -0.3 is 31.7 Å². The highest BCUT2D eigenvalue weighted by Crippen LogP contribution is 2.14. The van der Waals surface area contributed by atoms with E-state index >= 15 is 0 Å². The predicted molar refractivity (Wildman–Crippen MR) is 160 cm³/mol. The first-order valence-electron chi connectivity index (χ1n) is 13.9. The normalized spacial score (nSPS) is 20.7. The first-order valence-corrected chi connectivity index (χ1v) is 14.7. The molecule has 0 fully saturated rings. The number of pyridine rings is 1. The van der Waals surface area contributed by atoms with Crippen molar-refractivity contribution >= 4 is 52.5 Å². The number of fused-ring (bicyclic) bond motifs is 18. The van der Waals surface area contributed by atoms with Crippen LogP contribution in [0.25, 0.3) is 0 Å². The lowest BCUT2D eigenvalue weighted by Gasteiger charge is -2.22. The summed E-state index contributed by atoms with van der Waals surface area (Å²) < 4.78 is 0. The van der Waals surface area contributed by atoms with Crippen molar-refractivity contribution in [1.29, 1.82) is 0 Å². The third-order valence-electron chi connectivity index (χ3n) is 6.75. The van der Waals surface area contributed by atoms with Crippen molar-refractivity contribution in [2.75, 3.05) is 11.9 Å². The van der Waals surface area contributed by atoms with E-state index in [1.807, 2.05) is 5.38 Å². The lowest BCUT2D eigenvalue weighted by atomic mass is 10.0. The van der Waals surface area contributed by atoms with Crippen LogP contribution in [-0.2, 0) is 48.0 Å². The second-order valence-electron chi connectivity index (χ2n) is 10.2. The number of rotatable bonds is 5. The van der Waals surface area contributed by atoms with E-state index in [1.165, 1.54) is 17.5 Å². The Balaban J connectivity index is 1.58. The standard InChI is InChI=1S/C30H32N6O7S/c37-25-9-10-26(38)34-23(15-21-4-2-12-44-21)28(40)32-17-27(39)35-22(14-19-3-1-11-31-16-19)29(41)36-24(30(42)43)13-18-5-7-20(33-25)8-6-18/h1-8,11-12,16,22-24H,9-10,13-15,17H2,(H,32,40)(H,33,37)(H,34,38)(H,35,39)(H,36,41)(H,42,43)/t22-,23+,24-/m0/s1. The fourth-order valence-electron chi connectivity index (χ4n) is 4.49. The molecule has 1 aromatic carbocycles. The molecule has 0 spiro atoms. The van der Waals surface area contributed by atoms with Gasteiger partial charge in [-0.25, -0.2) is 4.79 Å². The highest BCUT2D eigenvalue weighted by molar-refractivity contribution is 7.09. The van der Waals surface area contributed by atoms with Crippen molar-refractivity contribution in [2.24, 2.45) is 0 Å². The molecular weight excluding hydrogens is 588 g/mol. The topological polar surface area (TPSA) is 196 Å². The van der Waals surface area contributed by atoms with E-state index in [2.05, 4.69) is 31.6 Å². The van der Waals surface area contributed by atoms with Gasteiger partial charge in [0.1, 0.15) is 18.1 Å². The zero-order valence-corrected chi connectivity index (χ0v) is 24.4. The number of hydrogen-bond donors (Lipinski definition) is 6. The molecule has 5 rings (SSSR count). The van der Waals surface area contributed by atoms with Crippen LogP contribution in [0.1, 0.15) is 28.8 Å². The molecule has 0 radical (unpaired) electrons. The van der Waals surface area contributed by atoms with Crippen molar-refractivity contribution in [2.45, 2.75) is 50.2 Å². The number of benzene rings is 1. The van der Waals surface area contributed by atoms with Crippen molar-refractivity contribution < 1.29 is 33.9 Å². The van der Waals surface area contributed by atoms with E-state index in [0.29, 0.717) is 16.8 Å². The number of thiophene rings is 1. The molecule has 2 aliphatic rings. The molecule has 3 atom stereocenters. The van der Waals surface area contributed by atoms with Crippen LogP contribution < -0.4 is 26.6 Å². The van der Waals surface area contributed by atoms with Gasteiger partial charge in [0.05, 0.1) is 6.54 Å². The molecule has 5 amide bonds. The molecule has 0 saturated carbocycles. The van der Waals surface area contributed by atoms with E-state index in [1.54, 1.807) is 54.7 Å². The highest BCUT2D eigenvalue weighted by Gasteiger charge is 2.28. The monoisotopic (exact) mass is 620 g/mol. The van der Waals surface area contributed by atoms with Gasteiger partial charge in [-0.3, -0.25) is 29.0 Å². The summed E-state index contributed by atoms with van der Waals surface area (Å²) in [4.78, 5) is 81.5. The number of anilines is 1. The third kappa shape index (κ3) is 9.73. The summed E-state index contributed by atoms with van der Waals surface area (Å²) in [5, 5.41) is 24.6. The number of carboxylic acids is 1. The Morgan fingerprint density at radius 3 is 2.25 bits per heavy atom. The Kier molecular flexibility index (Phi) is 11.1. The molecule has 0 aliphatic carbocycles. The minimum absolute atomic E-state index is 0.0111. The molecule has 3 aromatic rings. The molecule has 2 aromatic heterocycles. The number of hydrogen-bond acceptors (Lipinski definition) is 8. The Labute approximate surface area is 256 Å². The molecule has 13 nitrogen and oxygen atoms in total. The summed E-state index contributed by atoms with van der Waals surface area (Å²) in [6.07, 6.45) is 2.86. The van der Waals surface area contributed by atoms with Crippen LogP contribution in [0, 0.1) is 0 Å². The summed E-state index contributed by atoms with van der Waals surface area (Å²) >= 11 is 1.40. The van der Waals surface area contributed by atoms with Gasteiger partial charge in [-0.1, -0.05) is 24.3 Å². The van der Waals surface area contributed by atoms with E-state index in [-0.39, 0.29) is 32.1 Å². The van der Waals surface area contributed by atoms with Crippen LogP contribution in [0.3, 0.4) is 0 Å². The van der Waals surface area contributed by atoms with Crippen molar-refractivity contribution in [3.63, 3.8) is 0 Å². The summed E-state index contributed by atoms with van der Waals surface area (Å²) in [6.45, 7) is -0.511. The fraction of sp³-hybridized carbons (Fsp3) is 0.300. The summed E-state index contributed by atoms with van der Waals surface area (Å²) in [7, 11) is 0. The van der Waals surface area contributed by atoms with Gasteiger partial charge in [0.2, 0.25) is 29.5 Å². The average molecular weight is 621 g/mol.